The highest BCUT2D eigenvalue weighted by Gasteiger charge is 2.54. The van der Waals surface area contributed by atoms with Gasteiger partial charge in [0.05, 0.1) is 36.9 Å². The molecule has 1 aliphatic carbocycles. The number of carbonyl (C=O) groups is 1. The maximum absolute atomic E-state index is 12.1. The maximum Gasteiger partial charge on any atom is 0.250 e. The standard InChI is InChI=1S/C24H46N6O13/c1-29-13-16(35)20-10(3-8(28)22(42-20)41-19-7(27)2-6(26)14(33)17(19)36)39-23(13)43-24-18(37)15(34)12(11(5-31)40-24)30-21(38)9(32)4-25/h6-20,22-24,29,31-37H,2-5,25-28H2,1H3,(H,30,38)/t6-,7?,8?,9+,10+,11?,12-,13?,14?,15?,16?,17-,18?,19-,20?,22+,23?,24-/m1/s1. The van der Waals surface area contributed by atoms with Crippen LogP contribution in [0.25, 0.3) is 0 Å². The van der Waals surface area contributed by atoms with E-state index in [1.54, 1.807) is 0 Å². The van der Waals surface area contributed by atoms with Crippen LogP contribution in [0.5, 0.6) is 0 Å². The summed E-state index contributed by atoms with van der Waals surface area (Å²) in [4.78, 5) is 12.1. The minimum atomic E-state index is -1.75. The van der Waals surface area contributed by atoms with Crippen LogP contribution in [0.2, 0.25) is 0 Å². The van der Waals surface area contributed by atoms with Crippen molar-refractivity contribution in [2.45, 2.75) is 123 Å². The van der Waals surface area contributed by atoms with Crippen molar-refractivity contribution in [3.63, 3.8) is 0 Å². The van der Waals surface area contributed by atoms with E-state index in [1.807, 2.05) is 0 Å². The Morgan fingerprint density at radius 3 is 2.16 bits per heavy atom. The second kappa shape index (κ2) is 14.5. The van der Waals surface area contributed by atoms with Gasteiger partial charge in [0, 0.05) is 18.6 Å². The molecule has 4 aliphatic rings. The first kappa shape index (κ1) is 34.7. The van der Waals surface area contributed by atoms with Gasteiger partial charge in [0.2, 0.25) is 0 Å². The summed E-state index contributed by atoms with van der Waals surface area (Å²) in [5.41, 5.74) is 23.5. The van der Waals surface area contributed by atoms with Crippen molar-refractivity contribution in [2.75, 3.05) is 20.2 Å². The quantitative estimate of drug-likeness (QED) is 0.113. The van der Waals surface area contributed by atoms with E-state index in [2.05, 4.69) is 10.6 Å². The van der Waals surface area contributed by atoms with E-state index in [-0.39, 0.29) is 12.8 Å². The van der Waals surface area contributed by atoms with Gasteiger partial charge in [-0.2, -0.15) is 0 Å². The largest absolute Gasteiger partial charge is 0.394 e. The van der Waals surface area contributed by atoms with Crippen LogP contribution in [0, 0.1) is 0 Å². The number of aliphatic hydroxyl groups excluding tert-OH is 7. The summed E-state index contributed by atoms with van der Waals surface area (Å²) in [5, 5.41) is 78.0. The van der Waals surface area contributed by atoms with Gasteiger partial charge in [-0.3, -0.25) is 4.79 Å². The maximum atomic E-state index is 12.1. The average molecular weight is 627 g/mol. The summed E-state index contributed by atoms with van der Waals surface area (Å²) in [5.74, 6) is -0.934. The van der Waals surface area contributed by atoms with E-state index in [1.165, 1.54) is 7.05 Å². The molecule has 17 N–H and O–H groups in total. The predicted octanol–water partition coefficient (Wildman–Crippen LogP) is -8.47. The van der Waals surface area contributed by atoms with Gasteiger partial charge in [-0.1, -0.05) is 0 Å². The molecule has 0 bridgehead atoms. The molecule has 0 radical (unpaired) electrons. The van der Waals surface area contributed by atoms with Crippen LogP contribution in [0.15, 0.2) is 0 Å². The Morgan fingerprint density at radius 2 is 1.53 bits per heavy atom. The molecule has 19 heteroatoms. The number of nitrogens with one attached hydrogen (secondary N) is 2. The number of rotatable bonds is 9. The van der Waals surface area contributed by atoms with Crippen molar-refractivity contribution in [3.05, 3.63) is 0 Å². The monoisotopic (exact) mass is 626 g/mol. The first-order chi connectivity index (χ1) is 20.3. The van der Waals surface area contributed by atoms with Crippen LogP contribution >= 0.6 is 0 Å². The number of likely N-dealkylation sites (N-methyl/N-ethyl adjacent to an activating group) is 1. The molecular formula is C24H46N6O13. The van der Waals surface area contributed by atoms with E-state index in [0.717, 1.165) is 0 Å². The highest BCUT2D eigenvalue weighted by atomic mass is 16.8. The molecule has 3 heterocycles. The molecular weight excluding hydrogens is 580 g/mol. The smallest absolute Gasteiger partial charge is 0.250 e. The lowest BCUT2D eigenvalue weighted by Gasteiger charge is -2.51. The molecule has 10 unspecified atom stereocenters. The number of nitrogens with two attached hydrogens (primary N) is 4. The van der Waals surface area contributed by atoms with E-state index >= 15 is 0 Å². The third-order valence-corrected chi connectivity index (χ3v) is 8.52. The molecule has 250 valence electrons. The zero-order valence-corrected chi connectivity index (χ0v) is 23.6. The van der Waals surface area contributed by atoms with Crippen molar-refractivity contribution in [1.29, 1.82) is 0 Å². The van der Waals surface area contributed by atoms with Crippen LogP contribution in [0.4, 0.5) is 0 Å². The number of ether oxygens (including phenoxy) is 5. The van der Waals surface area contributed by atoms with Crippen LogP contribution in [-0.2, 0) is 28.5 Å². The predicted molar refractivity (Wildman–Crippen MR) is 142 cm³/mol. The van der Waals surface area contributed by atoms with Crippen LogP contribution in [-0.4, -0.2) is 172 Å². The van der Waals surface area contributed by atoms with Crippen LogP contribution < -0.4 is 33.6 Å². The Kier molecular flexibility index (Phi) is 11.7. The Morgan fingerprint density at radius 1 is 0.837 bits per heavy atom. The lowest BCUT2D eigenvalue weighted by Crippen LogP contribution is -2.70. The topological polar surface area (TPSA) is 333 Å². The van der Waals surface area contributed by atoms with E-state index in [4.69, 9.17) is 46.6 Å². The minimum absolute atomic E-state index is 0.0936. The molecule has 19 nitrogen and oxygen atoms in total. The third-order valence-electron chi connectivity index (χ3n) is 8.52. The van der Waals surface area contributed by atoms with Crippen molar-refractivity contribution < 1.29 is 64.2 Å². The lowest BCUT2D eigenvalue weighted by atomic mass is 9.84. The SMILES string of the molecule is CNC1C(O[C@H]2OC(CO)[C@@H](NC(=O)[C@@H](O)CN)C(O)C2O)O[C@H]2CC(N)[C@@H](O[C@@H]3C(N)C[C@@H](N)C(O)[C@H]3O)OC2C1O. The first-order valence-electron chi connectivity index (χ1n) is 14.2. The number of amides is 1. The van der Waals surface area contributed by atoms with Crippen molar-refractivity contribution in [3.8, 4) is 0 Å². The summed E-state index contributed by atoms with van der Waals surface area (Å²) in [7, 11) is 1.51. The average Bonchev–Trinajstić information content (AvgIpc) is 2.97. The molecule has 1 amide bonds. The fraction of sp³-hybridized carbons (Fsp3) is 0.958. The van der Waals surface area contributed by atoms with Gasteiger partial charge >= 0.3 is 0 Å². The lowest BCUT2D eigenvalue weighted by molar-refractivity contribution is -0.373. The highest BCUT2D eigenvalue weighted by molar-refractivity contribution is 5.81. The van der Waals surface area contributed by atoms with Crippen molar-refractivity contribution in [2.24, 2.45) is 22.9 Å². The normalized spacial score (nSPS) is 49.6. The first-order valence-corrected chi connectivity index (χ1v) is 14.2. The Balaban J connectivity index is 1.42. The van der Waals surface area contributed by atoms with E-state index < -0.39 is 129 Å². The summed E-state index contributed by atoms with van der Waals surface area (Å²) in [6.45, 7) is -1.09. The van der Waals surface area contributed by atoms with Gasteiger partial charge in [-0.05, 0) is 19.9 Å². The molecule has 0 aromatic carbocycles. The Labute approximate surface area is 247 Å². The van der Waals surface area contributed by atoms with Gasteiger partial charge in [-0.15, -0.1) is 0 Å². The Hall–Kier alpha value is -1.21. The Bertz CT molecular complexity index is 925. The molecule has 3 aliphatic heterocycles. The van der Waals surface area contributed by atoms with E-state index in [0.29, 0.717) is 0 Å². The number of aliphatic hydroxyl groups is 7. The molecule has 18 atom stereocenters. The molecule has 1 saturated carbocycles. The molecule has 43 heavy (non-hydrogen) atoms. The summed E-state index contributed by atoms with van der Waals surface area (Å²) < 4.78 is 29.4. The third kappa shape index (κ3) is 7.13. The molecule has 0 spiro atoms. The second-order valence-corrected chi connectivity index (χ2v) is 11.5. The summed E-state index contributed by atoms with van der Waals surface area (Å²) >= 11 is 0. The summed E-state index contributed by atoms with van der Waals surface area (Å²) in [6.07, 6.45) is -16.8. The zero-order valence-electron chi connectivity index (χ0n) is 23.6. The number of hydrogen-bond donors (Lipinski definition) is 13. The number of carbonyl (C=O) groups excluding carboxylic acids is 1. The van der Waals surface area contributed by atoms with Crippen molar-refractivity contribution in [1.82, 2.24) is 10.6 Å². The fourth-order valence-electron chi connectivity index (χ4n) is 5.97. The molecule has 4 rings (SSSR count). The second-order valence-electron chi connectivity index (χ2n) is 11.5. The molecule has 3 saturated heterocycles. The molecule has 0 aromatic heterocycles. The van der Waals surface area contributed by atoms with E-state index in [9.17, 15) is 40.5 Å². The van der Waals surface area contributed by atoms with Crippen LogP contribution in [0.1, 0.15) is 12.8 Å². The number of fused-ring (bicyclic) bond motifs is 1. The van der Waals surface area contributed by atoms with Gasteiger partial charge in [0.15, 0.2) is 18.9 Å². The zero-order chi connectivity index (χ0) is 31.7. The van der Waals surface area contributed by atoms with Gasteiger partial charge < -0.3 is 93.0 Å². The number of hydrogen-bond acceptors (Lipinski definition) is 18. The minimum Gasteiger partial charge on any atom is -0.394 e. The fourth-order valence-corrected chi connectivity index (χ4v) is 5.97. The van der Waals surface area contributed by atoms with Crippen LogP contribution in [0.3, 0.4) is 0 Å². The van der Waals surface area contributed by atoms with Gasteiger partial charge in [-0.25, -0.2) is 0 Å². The highest BCUT2D eigenvalue weighted by Crippen LogP contribution is 2.35. The summed E-state index contributed by atoms with van der Waals surface area (Å²) in [6, 6.07) is -4.55. The van der Waals surface area contributed by atoms with Crippen molar-refractivity contribution >= 4 is 5.91 Å². The molecule has 4 fully saturated rings. The molecule has 0 aromatic rings. The van der Waals surface area contributed by atoms with Gasteiger partial charge in [0.1, 0.15) is 48.8 Å². The van der Waals surface area contributed by atoms with Gasteiger partial charge in [0.25, 0.3) is 5.91 Å².